The number of pyridine rings is 1. The highest BCUT2D eigenvalue weighted by Crippen LogP contribution is 2.31. The van der Waals surface area contributed by atoms with E-state index in [1.807, 2.05) is 0 Å². The van der Waals surface area contributed by atoms with Crippen LogP contribution in [0.2, 0.25) is 0 Å². The normalized spacial score (nSPS) is 9.93. The first kappa shape index (κ1) is 12.2. The summed E-state index contributed by atoms with van der Waals surface area (Å²) in [5.74, 6) is -0.486. The Morgan fingerprint density at radius 3 is 2.29 bits per heavy atom. The minimum Gasteiger partial charge on any atom is -0.483 e. The van der Waals surface area contributed by atoms with E-state index in [1.165, 1.54) is 12.3 Å². The summed E-state index contributed by atoms with van der Waals surface area (Å²) in [5.41, 5.74) is 4.09. The van der Waals surface area contributed by atoms with Crippen molar-refractivity contribution in [3.05, 3.63) is 23.9 Å². The Balaban J connectivity index is 0.000000500. The highest BCUT2D eigenvalue weighted by Gasteiger charge is 2.33. The second-order valence-corrected chi connectivity index (χ2v) is 2.04. The summed E-state index contributed by atoms with van der Waals surface area (Å²) >= 11 is 0. The lowest BCUT2D eigenvalue weighted by Gasteiger charge is -2.06. The lowest BCUT2D eigenvalue weighted by atomic mass is 10.2. The van der Waals surface area contributed by atoms with Crippen LogP contribution in [0.4, 0.5) is 19.0 Å². The van der Waals surface area contributed by atoms with Gasteiger partial charge in [0, 0.05) is 6.20 Å². The van der Waals surface area contributed by atoms with Crippen LogP contribution in [-0.2, 0) is 11.0 Å². The zero-order valence-corrected chi connectivity index (χ0v) is 6.82. The first-order valence-corrected chi connectivity index (χ1v) is 3.29. The molecule has 14 heavy (non-hydrogen) atoms. The molecule has 0 aliphatic rings. The molecule has 1 heterocycles. The molecule has 0 saturated carbocycles. The maximum atomic E-state index is 11.9. The molecule has 0 aliphatic carbocycles. The molecule has 0 radical (unpaired) electrons. The van der Waals surface area contributed by atoms with Gasteiger partial charge in [0.2, 0.25) is 0 Å². The Morgan fingerprint density at radius 2 is 2.00 bits per heavy atom. The van der Waals surface area contributed by atoms with Gasteiger partial charge in [-0.2, -0.15) is 13.2 Å². The molecule has 0 spiro atoms. The van der Waals surface area contributed by atoms with Crippen LogP contribution in [0.3, 0.4) is 0 Å². The summed E-state index contributed by atoms with van der Waals surface area (Å²) in [6, 6.07) is 2.08. The summed E-state index contributed by atoms with van der Waals surface area (Å²) in [6.07, 6.45) is -3.19. The average Bonchev–Trinajstić information content (AvgIpc) is 2.04. The highest BCUT2D eigenvalue weighted by molar-refractivity contribution is 5.40. The molecule has 4 nitrogen and oxygen atoms in total. The number of nitrogens with zero attached hydrogens (tertiary/aromatic N) is 1. The van der Waals surface area contributed by atoms with E-state index in [-0.39, 0.29) is 6.47 Å². The van der Waals surface area contributed by atoms with Gasteiger partial charge in [-0.3, -0.25) is 4.79 Å². The van der Waals surface area contributed by atoms with Gasteiger partial charge in [-0.15, -0.1) is 0 Å². The number of halogens is 3. The molecule has 0 saturated heterocycles. The van der Waals surface area contributed by atoms with Crippen molar-refractivity contribution < 1.29 is 23.1 Å². The lowest BCUT2D eigenvalue weighted by molar-refractivity contribution is -0.137. The summed E-state index contributed by atoms with van der Waals surface area (Å²) in [4.78, 5) is 11.7. The molecule has 0 amide bonds. The third-order valence-electron chi connectivity index (χ3n) is 1.14. The van der Waals surface area contributed by atoms with Crippen LogP contribution in [0.1, 0.15) is 5.56 Å². The van der Waals surface area contributed by atoms with E-state index in [4.69, 9.17) is 15.6 Å². The summed E-state index contributed by atoms with van der Waals surface area (Å²) in [7, 11) is 0. The third kappa shape index (κ3) is 3.74. The van der Waals surface area contributed by atoms with Crippen LogP contribution in [0.25, 0.3) is 0 Å². The van der Waals surface area contributed by atoms with Gasteiger partial charge in [0.1, 0.15) is 5.82 Å². The van der Waals surface area contributed by atoms with E-state index in [2.05, 4.69) is 4.98 Å². The zero-order valence-electron chi connectivity index (χ0n) is 6.82. The fourth-order valence-electron chi connectivity index (χ4n) is 0.657. The standard InChI is InChI=1S/C6H5F3N2.CH2O2/c7-6(8,9)4-2-1-3-11-5(4)10;2-1-3/h1-3H,(H2,10,11);1H,(H,2,3). The van der Waals surface area contributed by atoms with E-state index < -0.39 is 17.6 Å². The molecule has 1 aromatic rings. The largest absolute Gasteiger partial charge is 0.483 e. The first-order valence-electron chi connectivity index (χ1n) is 3.29. The predicted molar refractivity (Wildman–Crippen MR) is 42.3 cm³/mol. The van der Waals surface area contributed by atoms with Crippen molar-refractivity contribution in [2.45, 2.75) is 6.18 Å². The Morgan fingerprint density at radius 1 is 1.50 bits per heavy atom. The number of hydrogen-bond donors (Lipinski definition) is 2. The molecule has 0 aliphatic heterocycles. The van der Waals surface area contributed by atoms with Crippen molar-refractivity contribution in [3.63, 3.8) is 0 Å². The van der Waals surface area contributed by atoms with Crippen LogP contribution < -0.4 is 5.73 Å². The van der Waals surface area contributed by atoms with Gasteiger partial charge in [-0.05, 0) is 12.1 Å². The molecular formula is C7H7F3N2O2. The van der Waals surface area contributed by atoms with Crippen LogP contribution >= 0.6 is 0 Å². The van der Waals surface area contributed by atoms with Gasteiger partial charge >= 0.3 is 6.18 Å². The number of carboxylic acid groups (broad SMARTS) is 1. The molecule has 3 N–H and O–H groups in total. The molecule has 1 aromatic heterocycles. The average molecular weight is 208 g/mol. The molecule has 0 aromatic carbocycles. The molecule has 0 bridgehead atoms. The maximum Gasteiger partial charge on any atom is 0.419 e. The zero-order chi connectivity index (χ0) is 11.2. The van der Waals surface area contributed by atoms with Crippen molar-refractivity contribution in [2.75, 3.05) is 5.73 Å². The van der Waals surface area contributed by atoms with Crippen LogP contribution in [-0.4, -0.2) is 16.6 Å². The van der Waals surface area contributed by atoms with E-state index in [0.29, 0.717) is 0 Å². The van der Waals surface area contributed by atoms with Crippen molar-refractivity contribution in [1.29, 1.82) is 0 Å². The quantitative estimate of drug-likeness (QED) is 0.631. The fourth-order valence-corrected chi connectivity index (χ4v) is 0.657. The number of nitrogens with two attached hydrogens (primary N) is 1. The Bertz CT molecular complexity index is 301. The summed E-state index contributed by atoms with van der Waals surface area (Å²) in [6.45, 7) is -0.250. The number of alkyl halides is 3. The molecule has 0 fully saturated rings. The van der Waals surface area contributed by atoms with Gasteiger partial charge in [0.25, 0.3) is 6.47 Å². The second kappa shape index (κ2) is 5.05. The number of nitrogen functional groups attached to an aromatic ring is 1. The van der Waals surface area contributed by atoms with Gasteiger partial charge in [0.15, 0.2) is 0 Å². The summed E-state index contributed by atoms with van der Waals surface area (Å²) < 4.78 is 35.8. The maximum absolute atomic E-state index is 11.9. The third-order valence-corrected chi connectivity index (χ3v) is 1.14. The SMILES string of the molecule is Nc1ncccc1C(F)(F)F.O=CO. The summed E-state index contributed by atoms with van der Waals surface area (Å²) in [5, 5.41) is 6.89. The number of aromatic nitrogens is 1. The highest BCUT2D eigenvalue weighted by atomic mass is 19.4. The van der Waals surface area contributed by atoms with E-state index >= 15 is 0 Å². The van der Waals surface area contributed by atoms with Crippen LogP contribution in [0, 0.1) is 0 Å². The molecule has 1 rings (SSSR count). The van der Waals surface area contributed by atoms with Gasteiger partial charge in [-0.1, -0.05) is 0 Å². The lowest BCUT2D eigenvalue weighted by Crippen LogP contribution is -2.09. The van der Waals surface area contributed by atoms with Crippen molar-refractivity contribution in [2.24, 2.45) is 0 Å². The number of rotatable bonds is 0. The minimum atomic E-state index is -4.40. The number of anilines is 1. The van der Waals surface area contributed by atoms with E-state index in [9.17, 15) is 13.2 Å². The molecule has 7 heteroatoms. The topological polar surface area (TPSA) is 76.2 Å². The molecule has 0 unspecified atom stereocenters. The number of carbonyl (C=O) groups is 1. The molecular weight excluding hydrogens is 201 g/mol. The number of hydrogen-bond acceptors (Lipinski definition) is 3. The van der Waals surface area contributed by atoms with Crippen molar-refractivity contribution in [3.8, 4) is 0 Å². The van der Waals surface area contributed by atoms with Crippen molar-refractivity contribution >= 4 is 12.3 Å². The Kier molecular flexibility index (Phi) is 4.41. The van der Waals surface area contributed by atoms with Gasteiger partial charge in [-0.25, -0.2) is 4.98 Å². The Labute approximate surface area is 77.2 Å². The Hall–Kier alpha value is -1.79. The fraction of sp³-hybridized carbons (Fsp3) is 0.143. The molecule has 78 valence electrons. The minimum absolute atomic E-state index is 0.250. The van der Waals surface area contributed by atoms with Gasteiger partial charge in [0.05, 0.1) is 5.56 Å². The van der Waals surface area contributed by atoms with Gasteiger partial charge < -0.3 is 10.8 Å². The van der Waals surface area contributed by atoms with Crippen LogP contribution in [0.15, 0.2) is 18.3 Å². The second-order valence-electron chi connectivity index (χ2n) is 2.04. The van der Waals surface area contributed by atoms with Crippen LogP contribution in [0.5, 0.6) is 0 Å². The molecule has 0 atom stereocenters. The van der Waals surface area contributed by atoms with E-state index in [0.717, 1.165) is 6.07 Å². The monoisotopic (exact) mass is 208 g/mol. The predicted octanol–water partition coefficient (Wildman–Crippen LogP) is 1.38. The first-order chi connectivity index (χ1) is 6.43. The smallest absolute Gasteiger partial charge is 0.419 e. The van der Waals surface area contributed by atoms with Crippen molar-refractivity contribution in [1.82, 2.24) is 4.98 Å². The van der Waals surface area contributed by atoms with E-state index in [1.54, 1.807) is 0 Å².